The predicted octanol–water partition coefficient (Wildman–Crippen LogP) is 2.81. The molecule has 0 aliphatic heterocycles. The van der Waals surface area contributed by atoms with Gasteiger partial charge in [0, 0.05) is 12.3 Å². The summed E-state index contributed by atoms with van der Waals surface area (Å²) in [7, 11) is 0. The molecule has 3 aromatic rings. The Kier molecular flexibility index (Phi) is 5.12. The lowest BCUT2D eigenvalue weighted by molar-refractivity contribution is 0.941. The Balaban J connectivity index is 1.61. The highest BCUT2D eigenvalue weighted by molar-refractivity contribution is 8.22. The van der Waals surface area contributed by atoms with Gasteiger partial charge in [0.25, 0.3) is 5.56 Å². The summed E-state index contributed by atoms with van der Waals surface area (Å²) in [6.45, 7) is 0.556. The number of nitrogens with zero attached hydrogens (tertiary/aromatic N) is 1. The van der Waals surface area contributed by atoms with Crippen LogP contribution in [0, 0.1) is 0 Å². The topological polar surface area (TPSA) is 83.8 Å². The van der Waals surface area contributed by atoms with Crippen LogP contribution in [-0.2, 0) is 12.3 Å². The van der Waals surface area contributed by atoms with Gasteiger partial charge in [-0.15, -0.1) is 0 Å². The maximum atomic E-state index is 11.9. The summed E-state index contributed by atoms with van der Waals surface area (Å²) in [5.41, 5.74) is 8.08. The van der Waals surface area contributed by atoms with Gasteiger partial charge in [0.1, 0.15) is 4.32 Å². The van der Waals surface area contributed by atoms with Crippen molar-refractivity contribution in [3.63, 3.8) is 0 Å². The molecule has 4 N–H and O–H groups in total. The maximum absolute atomic E-state index is 11.9. The van der Waals surface area contributed by atoms with Crippen LogP contribution < -0.4 is 16.6 Å². The molecule has 1 aromatic heterocycles. The summed E-state index contributed by atoms with van der Waals surface area (Å²) >= 11 is 6.93. The Bertz CT molecular complexity index is 925. The van der Waals surface area contributed by atoms with E-state index in [1.165, 1.54) is 5.56 Å². The van der Waals surface area contributed by atoms with Gasteiger partial charge in [-0.3, -0.25) is 9.78 Å². The molecule has 2 aromatic carbocycles. The molecule has 0 amide bonds. The molecule has 0 spiro atoms. The quantitative estimate of drug-likeness (QED) is 0.624. The van der Waals surface area contributed by atoms with Gasteiger partial charge in [0.05, 0.1) is 10.9 Å². The molecule has 1 heterocycles. The zero-order chi connectivity index (χ0) is 16.9. The summed E-state index contributed by atoms with van der Waals surface area (Å²) in [6, 6.07) is 15.7. The van der Waals surface area contributed by atoms with E-state index < -0.39 is 0 Å². The Morgan fingerprint density at radius 1 is 1.21 bits per heavy atom. The number of nitrogens with one attached hydrogen (secondary N) is 2. The number of fused-ring (bicyclic) bond motifs is 1. The molecular weight excluding hydrogens is 340 g/mol. The predicted molar refractivity (Wildman–Crippen MR) is 104 cm³/mol. The van der Waals surface area contributed by atoms with E-state index in [0.29, 0.717) is 17.4 Å². The van der Waals surface area contributed by atoms with Crippen LogP contribution >= 0.6 is 24.0 Å². The van der Waals surface area contributed by atoms with E-state index in [9.17, 15) is 4.79 Å². The third-order valence-electron chi connectivity index (χ3n) is 3.44. The molecule has 0 bridgehead atoms. The number of nitrogen functional groups attached to an aromatic ring is 1. The van der Waals surface area contributed by atoms with Crippen molar-refractivity contribution in [2.24, 2.45) is 0 Å². The number of hydrogen-bond acceptors (Lipinski definition) is 5. The van der Waals surface area contributed by atoms with Crippen molar-refractivity contribution in [1.82, 2.24) is 15.3 Å². The fraction of sp³-hybridized carbons (Fsp3) is 0.118. The first-order valence-corrected chi connectivity index (χ1v) is 8.74. The van der Waals surface area contributed by atoms with Crippen molar-refractivity contribution in [1.29, 1.82) is 0 Å². The van der Waals surface area contributed by atoms with Gasteiger partial charge in [-0.05, 0) is 23.3 Å². The van der Waals surface area contributed by atoms with E-state index in [1.54, 1.807) is 23.9 Å². The molecule has 7 heteroatoms. The second-order valence-corrected chi connectivity index (χ2v) is 6.87. The largest absolute Gasteiger partial charge is 0.369 e. The van der Waals surface area contributed by atoms with Crippen LogP contribution in [0.3, 0.4) is 0 Å². The SMILES string of the molecule is Nc1nc2ccc(CNC(=S)SCc3ccccc3)cc2c(=O)[nH]1. The summed E-state index contributed by atoms with van der Waals surface area (Å²) in [5, 5.41) is 3.72. The maximum Gasteiger partial charge on any atom is 0.260 e. The number of benzene rings is 2. The number of aromatic amines is 1. The molecule has 0 radical (unpaired) electrons. The number of rotatable bonds is 4. The normalized spacial score (nSPS) is 10.7. The molecule has 0 atom stereocenters. The van der Waals surface area contributed by atoms with Crippen LogP contribution in [0.15, 0.2) is 53.3 Å². The third kappa shape index (κ3) is 4.12. The zero-order valence-corrected chi connectivity index (χ0v) is 14.4. The van der Waals surface area contributed by atoms with Crippen LogP contribution in [0.5, 0.6) is 0 Å². The van der Waals surface area contributed by atoms with Gasteiger partial charge in [0.2, 0.25) is 5.95 Å². The van der Waals surface area contributed by atoms with E-state index in [1.807, 2.05) is 24.3 Å². The molecule has 122 valence electrons. The van der Waals surface area contributed by atoms with Gasteiger partial charge in [-0.25, -0.2) is 4.98 Å². The van der Waals surface area contributed by atoms with Gasteiger partial charge in [-0.2, -0.15) is 0 Å². The summed E-state index contributed by atoms with van der Waals surface area (Å²) in [6.07, 6.45) is 0. The van der Waals surface area contributed by atoms with Crippen molar-refractivity contribution in [3.05, 3.63) is 70.0 Å². The summed E-state index contributed by atoms with van der Waals surface area (Å²) < 4.78 is 0.725. The first kappa shape index (κ1) is 16.5. The van der Waals surface area contributed by atoms with E-state index in [-0.39, 0.29) is 11.5 Å². The number of nitrogens with two attached hydrogens (primary N) is 1. The van der Waals surface area contributed by atoms with Crippen LogP contribution in [0.4, 0.5) is 5.95 Å². The molecule has 3 rings (SSSR count). The molecule has 0 aliphatic carbocycles. The van der Waals surface area contributed by atoms with Crippen LogP contribution in [0.2, 0.25) is 0 Å². The van der Waals surface area contributed by atoms with Crippen molar-refractivity contribution in [3.8, 4) is 0 Å². The molecular formula is C17H16N4OS2. The van der Waals surface area contributed by atoms with Crippen LogP contribution in [-0.4, -0.2) is 14.3 Å². The van der Waals surface area contributed by atoms with Gasteiger partial charge < -0.3 is 11.1 Å². The monoisotopic (exact) mass is 356 g/mol. The number of anilines is 1. The minimum absolute atomic E-state index is 0.122. The highest BCUT2D eigenvalue weighted by Gasteiger charge is 2.04. The molecule has 5 nitrogen and oxygen atoms in total. The molecule has 24 heavy (non-hydrogen) atoms. The molecule has 0 saturated heterocycles. The van der Waals surface area contributed by atoms with Crippen molar-refractivity contribution in [2.75, 3.05) is 5.73 Å². The van der Waals surface area contributed by atoms with Crippen molar-refractivity contribution < 1.29 is 0 Å². The summed E-state index contributed by atoms with van der Waals surface area (Å²) in [5.74, 6) is 0.949. The Labute approximate surface area is 148 Å². The van der Waals surface area contributed by atoms with Crippen LogP contribution in [0.25, 0.3) is 10.9 Å². The number of thiocarbonyl (C=S) groups is 1. The van der Waals surface area contributed by atoms with E-state index in [0.717, 1.165) is 15.6 Å². The Morgan fingerprint density at radius 3 is 2.79 bits per heavy atom. The van der Waals surface area contributed by atoms with E-state index in [2.05, 4.69) is 27.4 Å². The first-order valence-electron chi connectivity index (χ1n) is 7.35. The fourth-order valence-corrected chi connectivity index (χ4v) is 3.18. The molecule has 0 saturated carbocycles. The Hall–Kier alpha value is -2.38. The standard InChI is InChI=1S/C17H16N4OS2/c18-16-20-14-7-6-12(8-13(14)15(22)21-16)9-19-17(23)24-10-11-4-2-1-3-5-11/h1-8H,9-10H2,(H,19,23)(H3,18,20,21,22). The van der Waals surface area contributed by atoms with E-state index in [4.69, 9.17) is 18.0 Å². The third-order valence-corrected chi connectivity index (χ3v) is 4.82. The van der Waals surface area contributed by atoms with Gasteiger partial charge in [-0.1, -0.05) is 60.4 Å². The van der Waals surface area contributed by atoms with E-state index >= 15 is 0 Å². The average molecular weight is 356 g/mol. The average Bonchev–Trinajstić information content (AvgIpc) is 2.59. The molecule has 0 fully saturated rings. The van der Waals surface area contributed by atoms with Gasteiger partial charge >= 0.3 is 0 Å². The fourth-order valence-electron chi connectivity index (χ4n) is 2.26. The highest BCUT2D eigenvalue weighted by Crippen LogP contribution is 2.14. The second-order valence-electron chi connectivity index (χ2n) is 5.22. The minimum atomic E-state index is -0.236. The summed E-state index contributed by atoms with van der Waals surface area (Å²) in [4.78, 5) is 18.5. The molecule has 0 unspecified atom stereocenters. The number of H-pyrrole nitrogens is 1. The lowest BCUT2D eigenvalue weighted by Crippen LogP contribution is -2.18. The van der Waals surface area contributed by atoms with Gasteiger partial charge in [0.15, 0.2) is 0 Å². The molecule has 0 aliphatic rings. The second kappa shape index (κ2) is 7.46. The zero-order valence-electron chi connectivity index (χ0n) is 12.8. The van der Waals surface area contributed by atoms with Crippen LogP contribution in [0.1, 0.15) is 11.1 Å². The highest BCUT2D eigenvalue weighted by atomic mass is 32.2. The lowest BCUT2D eigenvalue weighted by Gasteiger charge is -2.08. The number of hydrogen-bond donors (Lipinski definition) is 3. The smallest absolute Gasteiger partial charge is 0.260 e. The van der Waals surface area contributed by atoms with Crippen molar-refractivity contribution in [2.45, 2.75) is 12.3 Å². The minimum Gasteiger partial charge on any atom is -0.369 e. The number of aromatic nitrogens is 2. The number of thioether (sulfide) groups is 1. The Morgan fingerprint density at radius 2 is 2.00 bits per heavy atom. The lowest BCUT2D eigenvalue weighted by atomic mass is 10.1. The van der Waals surface area contributed by atoms with Crippen molar-refractivity contribution >= 4 is 45.2 Å². The first-order chi connectivity index (χ1) is 11.6.